The van der Waals surface area contributed by atoms with E-state index in [1.165, 1.54) is 0 Å². The van der Waals surface area contributed by atoms with Gasteiger partial charge in [-0.1, -0.05) is 0 Å². The Morgan fingerprint density at radius 3 is 2.55 bits per heavy atom. The van der Waals surface area contributed by atoms with Crippen molar-refractivity contribution < 1.29 is 14.3 Å². The van der Waals surface area contributed by atoms with Crippen LogP contribution in [0.15, 0.2) is 0 Å². The Kier molecular flexibility index (Phi) is 7.41. The minimum Gasteiger partial charge on any atom is -0.382 e. The van der Waals surface area contributed by atoms with Gasteiger partial charge in [0.1, 0.15) is 5.78 Å². The quantitative estimate of drug-likeness (QED) is 0.521. The second-order valence-corrected chi connectivity index (χ2v) is 2.41. The highest BCUT2D eigenvalue weighted by molar-refractivity contribution is 5.75. The third kappa shape index (κ3) is 9.59. The molecule has 0 saturated carbocycles. The predicted molar refractivity (Wildman–Crippen MR) is 42.6 cm³/mol. The summed E-state index contributed by atoms with van der Waals surface area (Å²) in [6.07, 6.45) is 1.44. The monoisotopic (exact) mass is 160 g/mol. The average Bonchev–Trinajstić information content (AvgIpc) is 1.96. The smallest absolute Gasteiger partial charge is 0.129 e. The van der Waals surface area contributed by atoms with Crippen LogP contribution in [0.25, 0.3) is 0 Å². The molecule has 66 valence electrons. The van der Waals surface area contributed by atoms with Crippen LogP contribution in [0.1, 0.15) is 19.8 Å². The van der Waals surface area contributed by atoms with Crippen LogP contribution in [-0.4, -0.2) is 32.7 Å². The van der Waals surface area contributed by atoms with E-state index >= 15 is 0 Å². The predicted octanol–water partition coefficient (Wildman–Crippen LogP) is 1.02. The first-order chi connectivity index (χ1) is 5.27. The van der Waals surface area contributed by atoms with Crippen molar-refractivity contribution in [2.24, 2.45) is 0 Å². The number of carbonyl (C=O) groups is 1. The van der Waals surface area contributed by atoms with Gasteiger partial charge in [-0.05, 0) is 13.3 Å². The van der Waals surface area contributed by atoms with E-state index < -0.39 is 0 Å². The number of ketones is 1. The van der Waals surface area contributed by atoms with E-state index in [4.69, 9.17) is 9.47 Å². The maximum atomic E-state index is 10.5. The molecule has 3 heteroatoms. The summed E-state index contributed by atoms with van der Waals surface area (Å²) in [6.45, 7) is 3.49. The van der Waals surface area contributed by atoms with Crippen molar-refractivity contribution in [3.63, 3.8) is 0 Å². The van der Waals surface area contributed by atoms with Crippen LogP contribution < -0.4 is 0 Å². The molecule has 0 rings (SSSR count). The summed E-state index contributed by atoms with van der Waals surface area (Å²) < 4.78 is 9.92. The van der Waals surface area contributed by atoms with Gasteiger partial charge in [0, 0.05) is 20.1 Å². The van der Waals surface area contributed by atoms with Crippen LogP contribution >= 0.6 is 0 Å². The number of methoxy groups -OCH3 is 1. The molecule has 0 aliphatic heterocycles. The van der Waals surface area contributed by atoms with Gasteiger partial charge < -0.3 is 14.3 Å². The first-order valence-electron chi connectivity index (χ1n) is 3.83. The molecule has 0 atom stereocenters. The van der Waals surface area contributed by atoms with Crippen molar-refractivity contribution >= 4 is 5.78 Å². The molecule has 0 bridgehead atoms. The summed E-state index contributed by atoms with van der Waals surface area (Å²) >= 11 is 0. The number of ether oxygens (including phenoxy) is 2. The second-order valence-electron chi connectivity index (χ2n) is 2.41. The van der Waals surface area contributed by atoms with Gasteiger partial charge in [0.2, 0.25) is 0 Å². The number of carbonyl (C=O) groups excluding carboxylic acids is 1. The highest BCUT2D eigenvalue weighted by atomic mass is 16.5. The lowest BCUT2D eigenvalue weighted by molar-refractivity contribution is -0.117. The Balaban J connectivity index is 2.85. The Morgan fingerprint density at radius 1 is 1.27 bits per heavy atom. The third-order valence-corrected chi connectivity index (χ3v) is 1.25. The lowest BCUT2D eigenvalue weighted by Crippen LogP contribution is -2.04. The van der Waals surface area contributed by atoms with E-state index in [1.54, 1.807) is 14.0 Å². The van der Waals surface area contributed by atoms with Crippen LogP contribution in [0.4, 0.5) is 0 Å². The molecule has 0 unspecified atom stereocenters. The fraction of sp³-hybridized carbons (Fsp3) is 0.875. The Hall–Kier alpha value is -0.410. The van der Waals surface area contributed by atoms with Crippen molar-refractivity contribution in [1.82, 2.24) is 0 Å². The third-order valence-electron chi connectivity index (χ3n) is 1.25. The van der Waals surface area contributed by atoms with E-state index in [0.29, 0.717) is 26.2 Å². The number of hydrogen-bond acceptors (Lipinski definition) is 3. The standard InChI is InChI=1S/C8H16O3/c1-8(9)4-3-5-11-7-6-10-2/h3-7H2,1-2H3. The molecule has 0 aliphatic rings. The zero-order valence-electron chi connectivity index (χ0n) is 7.26. The molecule has 0 fully saturated rings. The fourth-order valence-corrected chi connectivity index (χ4v) is 0.667. The van der Waals surface area contributed by atoms with Crippen LogP contribution in [0.5, 0.6) is 0 Å². The van der Waals surface area contributed by atoms with E-state index in [9.17, 15) is 4.79 Å². The number of rotatable bonds is 7. The number of Topliss-reactive ketones (excluding diaryl/α,β-unsaturated/α-hetero) is 1. The van der Waals surface area contributed by atoms with Crippen LogP contribution in [0.2, 0.25) is 0 Å². The van der Waals surface area contributed by atoms with E-state index in [2.05, 4.69) is 0 Å². The summed E-state index contributed by atoms with van der Waals surface area (Å²) in [4.78, 5) is 10.5. The first kappa shape index (κ1) is 10.6. The molecule has 0 aliphatic carbocycles. The molecule has 3 nitrogen and oxygen atoms in total. The molecule has 0 spiro atoms. The minimum absolute atomic E-state index is 0.223. The van der Waals surface area contributed by atoms with Gasteiger partial charge in [-0.3, -0.25) is 0 Å². The Morgan fingerprint density at radius 2 is 2.00 bits per heavy atom. The zero-order valence-corrected chi connectivity index (χ0v) is 7.26. The van der Waals surface area contributed by atoms with Gasteiger partial charge in [-0.25, -0.2) is 0 Å². The maximum Gasteiger partial charge on any atom is 0.129 e. The van der Waals surface area contributed by atoms with Gasteiger partial charge in [0.05, 0.1) is 13.2 Å². The molecule has 0 aromatic carbocycles. The number of hydrogen-bond donors (Lipinski definition) is 0. The van der Waals surface area contributed by atoms with Crippen molar-refractivity contribution in [1.29, 1.82) is 0 Å². The van der Waals surface area contributed by atoms with Crippen LogP contribution in [0, 0.1) is 0 Å². The minimum atomic E-state index is 0.223. The van der Waals surface area contributed by atoms with Crippen molar-refractivity contribution in [2.45, 2.75) is 19.8 Å². The molecular weight excluding hydrogens is 144 g/mol. The summed E-state index contributed by atoms with van der Waals surface area (Å²) in [6, 6.07) is 0. The van der Waals surface area contributed by atoms with E-state index in [-0.39, 0.29) is 5.78 Å². The Labute approximate surface area is 67.7 Å². The normalized spacial score (nSPS) is 10.0. The van der Waals surface area contributed by atoms with Gasteiger partial charge in [-0.2, -0.15) is 0 Å². The molecule has 0 amide bonds. The SMILES string of the molecule is COCCOCCCC(C)=O. The Bertz CT molecular complexity index is 102. The molecule has 0 saturated heterocycles. The molecule has 0 N–H and O–H groups in total. The topological polar surface area (TPSA) is 35.5 Å². The molecule has 0 aromatic heterocycles. The zero-order chi connectivity index (χ0) is 8.53. The van der Waals surface area contributed by atoms with Gasteiger partial charge in [-0.15, -0.1) is 0 Å². The van der Waals surface area contributed by atoms with Gasteiger partial charge in [0.15, 0.2) is 0 Å². The van der Waals surface area contributed by atoms with Crippen molar-refractivity contribution in [3.05, 3.63) is 0 Å². The summed E-state index contributed by atoms with van der Waals surface area (Å²) in [7, 11) is 1.64. The first-order valence-corrected chi connectivity index (χ1v) is 3.83. The molecular formula is C8H16O3. The molecule has 11 heavy (non-hydrogen) atoms. The second kappa shape index (κ2) is 7.69. The van der Waals surface area contributed by atoms with E-state index in [0.717, 1.165) is 6.42 Å². The molecule has 0 aromatic rings. The highest BCUT2D eigenvalue weighted by Gasteiger charge is 1.92. The van der Waals surface area contributed by atoms with Crippen molar-refractivity contribution in [2.75, 3.05) is 26.9 Å². The highest BCUT2D eigenvalue weighted by Crippen LogP contribution is 1.90. The van der Waals surface area contributed by atoms with Crippen molar-refractivity contribution in [3.8, 4) is 0 Å². The maximum absolute atomic E-state index is 10.5. The van der Waals surface area contributed by atoms with Crippen LogP contribution in [0.3, 0.4) is 0 Å². The van der Waals surface area contributed by atoms with Crippen LogP contribution in [-0.2, 0) is 14.3 Å². The summed E-state index contributed by atoms with van der Waals surface area (Å²) in [5.41, 5.74) is 0. The lowest BCUT2D eigenvalue weighted by atomic mass is 10.2. The molecule has 0 radical (unpaired) electrons. The van der Waals surface area contributed by atoms with Gasteiger partial charge >= 0.3 is 0 Å². The fourth-order valence-electron chi connectivity index (χ4n) is 0.667. The summed E-state index contributed by atoms with van der Waals surface area (Å²) in [5.74, 6) is 0.223. The summed E-state index contributed by atoms with van der Waals surface area (Å²) in [5, 5.41) is 0. The van der Waals surface area contributed by atoms with Gasteiger partial charge in [0.25, 0.3) is 0 Å². The van der Waals surface area contributed by atoms with E-state index in [1.807, 2.05) is 0 Å². The lowest BCUT2D eigenvalue weighted by Gasteiger charge is -2.01. The largest absolute Gasteiger partial charge is 0.382 e. The molecule has 0 heterocycles. The average molecular weight is 160 g/mol.